The third-order valence-electron chi connectivity index (χ3n) is 2.39. The van der Waals surface area contributed by atoms with Crippen LogP contribution in [0.4, 0.5) is 0 Å². The Bertz CT molecular complexity index is 530. The van der Waals surface area contributed by atoms with Crippen LogP contribution in [-0.4, -0.2) is 23.3 Å². The van der Waals surface area contributed by atoms with Crippen LogP contribution in [0.5, 0.6) is 0 Å². The zero-order valence-corrected chi connectivity index (χ0v) is 12.3. The van der Waals surface area contributed by atoms with Crippen molar-refractivity contribution in [1.82, 2.24) is 15.5 Å². The average Bonchev–Trinajstić information content (AvgIpc) is 2.78. The third kappa shape index (κ3) is 3.31. The van der Waals surface area contributed by atoms with Gasteiger partial charge in [0.25, 0.3) is 0 Å². The molecule has 0 spiro atoms. The van der Waals surface area contributed by atoms with Crippen LogP contribution in [0, 0.1) is 0 Å². The molecule has 18 heavy (non-hydrogen) atoms. The zero-order chi connectivity index (χ0) is 13.0. The van der Waals surface area contributed by atoms with Crippen molar-refractivity contribution in [2.75, 3.05) is 13.1 Å². The summed E-state index contributed by atoms with van der Waals surface area (Å²) in [5.41, 5.74) is 0.752. The molecular formula is C12H13BrClN3O. The number of hydrogen-bond acceptors (Lipinski definition) is 4. The van der Waals surface area contributed by atoms with Gasteiger partial charge < -0.3 is 9.73 Å². The van der Waals surface area contributed by atoms with Crippen molar-refractivity contribution >= 4 is 27.5 Å². The summed E-state index contributed by atoms with van der Waals surface area (Å²) in [6, 6.07) is 5.55. The van der Waals surface area contributed by atoms with Crippen LogP contribution < -0.4 is 5.32 Å². The second-order valence-electron chi connectivity index (χ2n) is 3.73. The van der Waals surface area contributed by atoms with E-state index in [1.54, 1.807) is 6.07 Å². The smallest absolute Gasteiger partial charge is 0.249 e. The molecule has 0 unspecified atom stereocenters. The van der Waals surface area contributed by atoms with Crippen molar-refractivity contribution < 1.29 is 4.42 Å². The quantitative estimate of drug-likeness (QED) is 0.855. The summed E-state index contributed by atoms with van der Waals surface area (Å²) in [4.78, 5) is 0. The van der Waals surface area contributed by atoms with E-state index in [9.17, 15) is 0 Å². The third-order valence-corrected chi connectivity index (χ3v) is 3.20. The number of aromatic nitrogens is 2. The molecule has 1 aromatic carbocycles. The Morgan fingerprint density at radius 3 is 2.94 bits per heavy atom. The Labute approximate surface area is 119 Å². The highest BCUT2D eigenvalue weighted by atomic mass is 79.9. The van der Waals surface area contributed by atoms with Crippen molar-refractivity contribution in [3.05, 3.63) is 33.6 Å². The minimum atomic E-state index is 0.457. The summed E-state index contributed by atoms with van der Waals surface area (Å²) in [6.07, 6.45) is 0.717. The van der Waals surface area contributed by atoms with Crippen LogP contribution in [0.1, 0.15) is 12.8 Å². The van der Waals surface area contributed by atoms with Crippen LogP contribution in [0.3, 0.4) is 0 Å². The molecule has 0 saturated heterocycles. The fourth-order valence-corrected chi connectivity index (χ4v) is 2.25. The first-order valence-corrected chi connectivity index (χ1v) is 6.86. The molecule has 0 saturated carbocycles. The lowest BCUT2D eigenvalue weighted by molar-refractivity contribution is 0.496. The highest BCUT2D eigenvalue weighted by Crippen LogP contribution is 2.29. The normalized spacial score (nSPS) is 10.8. The molecule has 2 rings (SSSR count). The minimum Gasteiger partial charge on any atom is -0.421 e. The van der Waals surface area contributed by atoms with Crippen LogP contribution in [0.25, 0.3) is 11.5 Å². The molecular weight excluding hydrogens is 318 g/mol. The van der Waals surface area contributed by atoms with E-state index in [1.807, 2.05) is 12.1 Å². The number of rotatable bonds is 5. The molecule has 0 bridgehead atoms. The van der Waals surface area contributed by atoms with E-state index in [-0.39, 0.29) is 0 Å². The van der Waals surface area contributed by atoms with Gasteiger partial charge in [-0.3, -0.25) is 0 Å². The van der Waals surface area contributed by atoms with Crippen molar-refractivity contribution in [2.24, 2.45) is 0 Å². The number of hydrogen-bond donors (Lipinski definition) is 1. The molecule has 0 aliphatic rings. The van der Waals surface area contributed by atoms with E-state index in [2.05, 4.69) is 38.4 Å². The Morgan fingerprint density at radius 1 is 1.39 bits per heavy atom. The summed E-state index contributed by atoms with van der Waals surface area (Å²) in [5, 5.41) is 11.8. The molecule has 4 nitrogen and oxygen atoms in total. The second-order valence-corrected chi connectivity index (χ2v) is 5.05. The van der Waals surface area contributed by atoms with Gasteiger partial charge in [-0.25, -0.2) is 0 Å². The molecule has 1 heterocycles. The standard InChI is InChI=1S/C12H13BrClN3O/c1-2-15-6-5-11-16-17-12(18-11)9-4-3-8(13)7-10(9)14/h3-4,7,15H,2,5-6H2,1H3. The topological polar surface area (TPSA) is 51.0 Å². The van der Waals surface area contributed by atoms with Gasteiger partial charge in [-0.15, -0.1) is 10.2 Å². The maximum atomic E-state index is 6.13. The number of nitrogens with one attached hydrogen (secondary N) is 1. The number of benzene rings is 1. The lowest BCUT2D eigenvalue weighted by atomic mass is 10.2. The fourth-order valence-electron chi connectivity index (χ4n) is 1.50. The van der Waals surface area contributed by atoms with E-state index in [0.717, 1.165) is 29.5 Å². The molecule has 96 valence electrons. The first-order chi connectivity index (χ1) is 8.70. The van der Waals surface area contributed by atoms with Gasteiger partial charge in [0.1, 0.15) is 0 Å². The predicted molar refractivity (Wildman–Crippen MR) is 74.7 cm³/mol. The Hall–Kier alpha value is -0.910. The van der Waals surface area contributed by atoms with Crippen LogP contribution in [0.2, 0.25) is 5.02 Å². The summed E-state index contributed by atoms with van der Waals surface area (Å²) in [5.74, 6) is 1.07. The summed E-state index contributed by atoms with van der Waals surface area (Å²) in [7, 11) is 0. The van der Waals surface area contributed by atoms with E-state index in [0.29, 0.717) is 16.8 Å². The number of likely N-dealkylation sites (N-methyl/N-ethyl adjacent to an activating group) is 1. The first kappa shape index (κ1) is 13.5. The molecule has 1 N–H and O–H groups in total. The van der Waals surface area contributed by atoms with Gasteiger partial charge in [0.05, 0.1) is 10.6 Å². The van der Waals surface area contributed by atoms with E-state index in [4.69, 9.17) is 16.0 Å². The molecule has 0 aliphatic heterocycles. The lowest BCUT2D eigenvalue weighted by Crippen LogP contribution is -2.16. The van der Waals surface area contributed by atoms with E-state index >= 15 is 0 Å². The fraction of sp³-hybridized carbons (Fsp3) is 0.333. The van der Waals surface area contributed by atoms with Gasteiger partial charge in [0.2, 0.25) is 11.8 Å². The van der Waals surface area contributed by atoms with Gasteiger partial charge >= 0.3 is 0 Å². The van der Waals surface area contributed by atoms with Gasteiger partial charge in [0.15, 0.2) is 0 Å². The number of halogens is 2. The predicted octanol–water partition coefficient (Wildman–Crippen LogP) is 3.30. The van der Waals surface area contributed by atoms with Crippen molar-refractivity contribution in [1.29, 1.82) is 0 Å². The summed E-state index contributed by atoms with van der Waals surface area (Å²) >= 11 is 9.49. The Balaban J connectivity index is 2.13. The summed E-state index contributed by atoms with van der Waals surface area (Å²) < 4.78 is 6.49. The average molecular weight is 331 g/mol. The highest BCUT2D eigenvalue weighted by Gasteiger charge is 2.11. The van der Waals surface area contributed by atoms with Crippen molar-refractivity contribution in [2.45, 2.75) is 13.3 Å². The molecule has 6 heteroatoms. The lowest BCUT2D eigenvalue weighted by Gasteiger charge is -1.99. The van der Waals surface area contributed by atoms with Crippen molar-refractivity contribution in [3.63, 3.8) is 0 Å². The minimum absolute atomic E-state index is 0.457. The van der Waals surface area contributed by atoms with Crippen LogP contribution >= 0.6 is 27.5 Å². The Kier molecular flexibility index (Phi) is 4.74. The monoisotopic (exact) mass is 329 g/mol. The molecule has 0 amide bonds. The molecule has 0 radical (unpaired) electrons. The van der Waals surface area contributed by atoms with Gasteiger partial charge in [-0.05, 0) is 24.7 Å². The van der Waals surface area contributed by atoms with E-state index in [1.165, 1.54) is 0 Å². The molecule has 2 aromatic rings. The summed E-state index contributed by atoms with van der Waals surface area (Å²) in [6.45, 7) is 3.81. The van der Waals surface area contributed by atoms with Crippen molar-refractivity contribution in [3.8, 4) is 11.5 Å². The zero-order valence-electron chi connectivity index (χ0n) is 9.91. The first-order valence-electron chi connectivity index (χ1n) is 5.69. The highest BCUT2D eigenvalue weighted by molar-refractivity contribution is 9.10. The molecule has 1 aromatic heterocycles. The maximum absolute atomic E-state index is 6.13. The largest absolute Gasteiger partial charge is 0.421 e. The van der Waals surface area contributed by atoms with Gasteiger partial charge in [0, 0.05) is 17.4 Å². The van der Waals surface area contributed by atoms with E-state index < -0.39 is 0 Å². The molecule has 0 fully saturated rings. The number of nitrogens with zero attached hydrogens (tertiary/aromatic N) is 2. The van der Waals surface area contributed by atoms with Gasteiger partial charge in [-0.1, -0.05) is 34.5 Å². The molecule has 0 atom stereocenters. The Morgan fingerprint density at radius 2 is 2.22 bits per heavy atom. The molecule has 0 aliphatic carbocycles. The van der Waals surface area contributed by atoms with Crippen LogP contribution in [0.15, 0.2) is 27.1 Å². The van der Waals surface area contributed by atoms with Gasteiger partial charge in [-0.2, -0.15) is 0 Å². The van der Waals surface area contributed by atoms with Crippen LogP contribution in [-0.2, 0) is 6.42 Å². The SMILES string of the molecule is CCNCCc1nnc(-c2ccc(Br)cc2Cl)o1. The maximum Gasteiger partial charge on any atom is 0.249 e. The second kappa shape index (κ2) is 6.31.